The molecule has 1 saturated heterocycles. The van der Waals surface area contributed by atoms with Crippen molar-refractivity contribution in [3.63, 3.8) is 0 Å². The number of nitrogens with zero attached hydrogens (tertiary/aromatic N) is 1. The van der Waals surface area contributed by atoms with Gasteiger partial charge < -0.3 is 20.3 Å². The average Bonchev–Trinajstić information content (AvgIpc) is 2.74. The Hall–Kier alpha value is -2.53. The molecule has 5 nitrogen and oxygen atoms in total. The number of carbonyl (C=O) groups is 1. The van der Waals surface area contributed by atoms with E-state index in [4.69, 9.17) is 4.74 Å². The van der Waals surface area contributed by atoms with E-state index in [0.717, 1.165) is 43.9 Å². The molecule has 3 rings (SSSR count). The van der Waals surface area contributed by atoms with Gasteiger partial charge in [0.05, 0.1) is 12.7 Å². The van der Waals surface area contributed by atoms with Crippen molar-refractivity contribution in [1.82, 2.24) is 5.32 Å². The average molecular weight is 382 g/mol. The second-order valence-electron chi connectivity index (χ2n) is 7.27. The fourth-order valence-corrected chi connectivity index (χ4v) is 3.64. The first kappa shape index (κ1) is 20.2. The molecule has 2 aromatic rings. The predicted octanol–water partition coefficient (Wildman–Crippen LogP) is 4.31. The van der Waals surface area contributed by atoms with Crippen LogP contribution in [0.1, 0.15) is 43.0 Å². The van der Waals surface area contributed by atoms with Crippen LogP contribution in [0.2, 0.25) is 0 Å². The molecule has 1 amide bonds. The van der Waals surface area contributed by atoms with Gasteiger partial charge in [0.15, 0.2) is 0 Å². The Labute approximate surface area is 168 Å². The topological polar surface area (TPSA) is 53.6 Å². The molecule has 0 radical (unpaired) electrons. The van der Waals surface area contributed by atoms with Gasteiger partial charge in [0.1, 0.15) is 5.75 Å². The lowest BCUT2D eigenvalue weighted by Gasteiger charge is -2.34. The Morgan fingerprint density at radius 2 is 1.93 bits per heavy atom. The SMILES string of the molecule is CCCCNC1CCN(c2cccc(NC(=O)c3ccccc3OC)c2)CC1. The minimum atomic E-state index is -0.159. The number of amides is 1. The second-order valence-corrected chi connectivity index (χ2v) is 7.27. The summed E-state index contributed by atoms with van der Waals surface area (Å²) >= 11 is 0. The summed E-state index contributed by atoms with van der Waals surface area (Å²) in [5.41, 5.74) is 2.50. The minimum absolute atomic E-state index is 0.159. The highest BCUT2D eigenvalue weighted by atomic mass is 16.5. The summed E-state index contributed by atoms with van der Waals surface area (Å²) in [5, 5.41) is 6.66. The molecule has 0 spiro atoms. The van der Waals surface area contributed by atoms with E-state index < -0.39 is 0 Å². The van der Waals surface area contributed by atoms with Crippen molar-refractivity contribution >= 4 is 17.3 Å². The summed E-state index contributed by atoms with van der Waals surface area (Å²) in [4.78, 5) is 15.0. The quantitative estimate of drug-likeness (QED) is 0.669. The number of hydrogen-bond donors (Lipinski definition) is 2. The van der Waals surface area contributed by atoms with Crippen LogP contribution in [0.4, 0.5) is 11.4 Å². The minimum Gasteiger partial charge on any atom is -0.496 e. The molecule has 5 heteroatoms. The Kier molecular flexibility index (Phi) is 7.31. The maximum absolute atomic E-state index is 12.6. The van der Waals surface area contributed by atoms with E-state index in [1.807, 2.05) is 24.3 Å². The molecular weight excluding hydrogens is 350 g/mol. The highest BCUT2D eigenvalue weighted by molar-refractivity contribution is 6.06. The van der Waals surface area contributed by atoms with Crippen LogP contribution in [-0.4, -0.2) is 38.7 Å². The molecule has 150 valence electrons. The standard InChI is InChI=1S/C23H31N3O2/c1-3-4-14-24-18-12-15-26(16-13-18)20-9-7-8-19(17-20)25-23(27)21-10-5-6-11-22(21)28-2/h5-11,17-18,24H,3-4,12-16H2,1-2H3,(H,25,27). The molecule has 1 aliphatic heterocycles. The van der Waals surface area contributed by atoms with Crippen LogP contribution in [0.25, 0.3) is 0 Å². The fourth-order valence-electron chi connectivity index (χ4n) is 3.64. The number of para-hydroxylation sites is 1. The van der Waals surface area contributed by atoms with E-state index >= 15 is 0 Å². The van der Waals surface area contributed by atoms with Crippen LogP contribution in [0.15, 0.2) is 48.5 Å². The molecule has 1 fully saturated rings. The Bertz CT molecular complexity index is 770. The Morgan fingerprint density at radius 3 is 2.68 bits per heavy atom. The van der Waals surface area contributed by atoms with Gasteiger partial charge >= 0.3 is 0 Å². The number of hydrogen-bond acceptors (Lipinski definition) is 4. The van der Waals surface area contributed by atoms with Crippen LogP contribution in [0.5, 0.6) is 5.75 Å². The first-order valence-electron chi connectivity index (χ1n) is 10.2. The highest BCUT2D eigenvalue weighted by Gasteiger charge is 2.19. The zero-order valence-electron chi connectivity index (χ0n) is 16.9. The third-order valence-corrected chi connectivity index (χ3v) is 5.28. The van der Waals surface area contributed by atoms with Crippen molar-refractivity contribution in [2.24, 2.45) is 0 Å². The van der Waals surface area contributed by atoms with Crippen molar-refractivity contribution in [2.75, 3.05) is 37.0 Å². The second kappa shape index (κ2) is 10.1. The molecular formula is C23H31N3O2. The van der Waals surface area contributed by atoms with Gasteiger partial charge in [0.2, 0.25) is 0 Å². The van der Waals surface area contributed by atoms with Crippen LogP contribution in [0, 0.1) is 0 Å². The molecule has 2 N–H and O–H groups in total. The monoisotopic (exact) mass is 381 g/mol. The number of methoxy groups -OCH3 is 1. The summed E-state index contributed by atoms with van der Waals surface area (Å²) in [6, 6.07) is 16.0. The van der Waals surface area contributed by atoms with E-state index in [-0.39, 0.29) is 5.91 Å². The van der Waals surface area contributed by atoms with Crippen molar-refractivity contribution in [1.29, 1.82) is 0 Å². The number of piperidine rings is 1. The first-order chi connectivity index (χ1) is 13.7. The lowest BCUT2D eigenvalue weighted by molar-refractivity contribution is 0.102. The smallest absolute Gasteiger partial charge is 0.259 e. The van der Waals surface area contributed by atoms with Gasteiger partial charge in [-0.2, -0.15) is 0 Å². The van der Waals surface area contributed by atoms with Crippen molar-refractivity contribution < 1.29 is 9.53 Å². The number of ether oxygens (including phenoxy) is 1. The number of benzene rings is 2. The molecule has 0 saturated carbocycles. The number of unbranched alkanes of at least 4 members (excludes halogenated alkanes) is 1. The van der Waals surface area contributed by atoms with Crippen LogP contribution < -0.4 is 20.3 Å². The Morgan fingerprint density at radius 1 is 1.14 bits per heavy atom. The molecule has 2 aromatic carbocycles. The zero-order valence-corrected chi connectivity index (χ0v) is 16.9. The molecule has 1 heterocycles. The van der Waals surface area contributed by atoms with Crippen LogP contribution in [0.3, 0.4) is 0 Å². The fraction of sp³-hybridized carbons (Fsp3) is 0.435. The van der Waals surface area contributed by atoms with E-state index in [2.05, 4.69) is 34.6 Å². The summed E-state index contributed by atoms with van der Waals surface area (Å²) in [6.45, 7) is 5.41. The van der Waals surface area contributed by atoms with Gasteiger partial charge in [0, 0.05) is 30.5 Å². The number of carbonyl (C=O) groups excluding carboxylic acids is 1. The summed E-state index contributed by atoms with van der Waals surface area (Å²) in [5.74, 6) is 0.419. The maximum Gasteiger partial charge on any atom is 0.259 e. The van der Waals surface area contributed by atoms with Gasteiger partial charge in [-0.05, 0) is 56.1 Å². The van der Waals surface area contributed by atoms with E-state index in [1.165, 1.54) is 12.8 Å². The van der Waals surface area contributed by atoms with E-state index in [9.17, 15) is 4.79 Å². The molecule has 0 aromatic heterocycles. The van der Waals surface area contributed by atoms with E-state index in [1.54, 1.807) is 19.2 Å². The highest BCUT2D eigenvalue weighted by Crippen LogP contribution is 2.25. The third kappa shape index (κ3) is 5.26. The Balaban J connectivity index is 1.59. The lowest BCUT2D eigenvalue weighted by atomic mass is 10.0. The predicted molar refractivity (Wildman–Crippen MR) is 116 cm³/mol. The molecule has 0 aliphatic carbocycles. The summed E-state index contributed by atoms with van der Waals surface area (Å²) in [6.07, 6.45) is 4.79. The molecule has 0 atom stereocenters. The van der Waals surface area contributed by atoms with Crippen LogP contribution >= 0.6 is 0 Å². The molecule has 0 unspecified atom stereocenters. The number of rotatable bonds is 8. The van der Waals surface area contributed by atoms with Gasteiger partial charge in [-0.25, -0.2) is 0 Å². The third-order valence-electron chi connectivity index (χ3n) is 5.28. The van der Waals surface area contributed by atoms with Gasteiger partial charge in [-0.15, -0.1) is 0 Å². The summed E-state index contributed by atoms with van der Waals surface area (Å²) in [7, 11) is 1.58. The zero-order chi connectivity index (χ0) is 19.8. The van der Waals surface area contributed by atoms with Crippen LogP contribution in [-0.2, 0) is 0 Å². The normalized spacial score (nSPS) is 14.7. The van der Waals surface area contributed by atoms with E-state index in [0.29, 0.717) is 17.4 Å². The van der Waals surface area contributed by atoms with Crippen molar-refractivity contribution in [2.45, 2.75) is 38.6 Å². The number of anilines is 2. The largest absolute Gasteiger partial charge is 0.496 e. The van der Waals surface area contributed by atoms with Crippen molar-refractivity contribution in [3.8, 4) is 5.75 Å². The molecule has 28 heavy (non-hydrogen) atoms. The molecule has 1 aliphatic rings. The lowest BCUT2D eigenvalue weighted by Crippen LogP contribution is -2.42. The van der Waals surface area contributed by atoms with Gasteiger partial charge in [-0.3, -0.25) is 4.79 Å². The van der Waals surface area contributed by atoms with Crippen molar-refractivity contribution in [3.05, 3.63) is 54.1 Å². The van der Waals surface area contributed by atoms with Gasteiger partial charge in [-0.1, -0.05) is 31.5 Å². The van der Waals surface area contributed by atoms with Gasteiger partial charge in [0.25, 0.3) is 5.91 Å². The maximum atomic E-state index is 12.6. The first-order valence-corrected chi connectivity index (χ1v) is 10.2. The molecule has 0 bridgehead atoms. The summed E-state index contributed by atoms with van der Waals surface area (Å²) < 4.78 is 5.29. The number of nitrogens with one attached hydrogen (secondary N) is 2.